The summed E-state index contributed by atoms with van der Waals surface area (Å²) >= 11 is 0. The minimum atomic E-state index is -0.484. The van der Waals surface area contributed by atoms with Crippen LogP contribution in [0.2, 0.25) is 0 Å². The van der Waals surface area contributed by atoms with Crippen molar-refractivity contribution < 1.29 is 9.59 Å². The molecule has 0 saturated carbocycles. The van der Waals surface area contributed by atoms with Crippen molar-refractivity contribution in [2.45, 2.75) is 18.9 Å². The molecular formula is C5H9ClN2O2. The van der Waals surface area contributed by atoms with E-state index in [2.05, 4.69) is 5.32 Å². The number of hydrogen-bond donors (Lipinski definition) is 2. The van der Waals surface area contributed by atoms with E-state index in [9.17, 15) is 9.59 Å². The Morgan fingerprint density at radius 1 is 1.50 bits per heavy atom. The van der Waals surface area contributed by atoms with Gasteiger partial charge in [-0.05, 0) is 6.42 Å². The molecule has 0 aromatic heterocycles. The molecule has 0 unspecified atom stereocenters. The molecule has 58 valence electrons. The Morgan fingerprint density at radius 2 is 2.10 bits per heavy atom. The van der Waals surface area contributed by atoms with Crippen molar-refractivity contribution in [3.63, 3.8) is 0 Å². The zero-order valence-corrected chi connectivity index (χ0v) is 6.11. The maximum Gasteiger partial charge on any atom is 0.243 e. The summed E-state index contributed by atoms with van der Waals surface area (Å²) in [5, 5.41) is 2.13. The number of nitrogens with one attached hydrogen (secondary N) is 1. The highest BCUT2D eigenvalue weighted by atomic mass is 35.5. The maximum atomic E-state index is 10.5. The molecule has 0 aliphatic carbocycles. The number of amides is 2. The lowest BCUT2D eigenvalue weighted by atomic mass is 10.1. The van der Waals surface area contributed by atoms with Crippen molar-refractivity contribution in [3.8, 4) is 0 Å². The number of carbonyl (C=O) groups is 2. The summed E-state index contributed by atoms with van der Waals surface area (Å²) in [5.41, 5.74) is 5.28. The fraction of sp³-hybridized carbons (Fsp3) is 0.600. The molecule has 1 aliphatic rings. The summed E-state index contributed by atoms with van der Waals surface area (Å²) in [6.45, 7) is 0. The standard InChI is InChI=1S/C5H8N2O2.ClH/c6-3-1-2-4(8)7-5(3)9;/h3H,1-2,6H2,(H,7,8,9);1H/t3-;/m1./s1. The van der Waals surface area contributed by atoms with Gasteiger partial charge in [0.1, 0.15) is 0 Å². The predicted molar refractivity (Wildman–Crippen MR) is 37.6 cm³/mol. The number of nitrogens with two attached hydrogens (primary N) is 1. The molecule has 0 bridgehead atoms. The van der Waals surface area contributed by atoms with Crippen molar-refractivity contribution >= 4 is 24.2 Å². The Labute approximate surface area is 64.6 Å². The molecule has 1 heterocycles. The third-order valence-corrected chi connectivity index (χ3v) is 1.28. The molecule has 0 spiro atoms. The van der Waals surface area contributed by atoms with E-state index in [1.165, 1.54) is 0 Å². The van der Waals surface area contributed by atoms with Crippen LogP contribution in [0.25, 0.3) is 0 Å². The zero-order valence-electron chi connectivity index (χ0n) is 5.29. The largest absolute Gasteiger partial charge is 0.320 e. The van der Waals surface area contributed by atoms with Gasteiger partial charge in [-0.2, -0.15) is 0 Å². The second-order valence-corrected chi connectivity index (χ2v) is 2.06. The minimum Gasteiger partial charge on any atom is -0.320 e. The molecule has 1 aliphatic heterocycles. The van der Waals surface area contributed by atoms with Gasteiger partial charge in [0.25, 0.3) is 0 Å². The molecule has 0 radical (unpaired) electrons. The molecule has 1 fully saturated rings. The van der Waals surface area contributed by atoms with Gasteiger partial charge in [0, 0.05) is 6.42 Å². The first-order valence-corrected chi connectivity index (χ1v) is 2.79. The monoisotopic (exact) mass is 164 g/mol. The van der Waals surface area contributed by atoms with Crippen molar-refractivity contribution in [1.29, 1.82) is 0 Å². The van der Waals surface area contributed by atoms with Crippen LogP contribution in [0, 0.1) is 0 Å². The number of imide groups is 1. The van der Waals surface area contributed by atoms with Crippen molar-refractivity contribution in [3.05, 3.63) is 0 Å². The van der Waals surface area contributed by atoms with Crippen LogP contribution in [-0.4, -0.2) is 17.9 Å². The molecule has 5 heteroatoms. The molecule has 1 saturated heterocycles. The van der Waals surface area contributed by atoms with Gasteiger partial charge in [-0.1, -0.05) is 0 Å². The van der Waals surface area contributed by atoms with E-state index in [1.807, 2.05) is 0 Å². The number of halogens is 1. The molecule has 0 aromatic carbocycles. The van der Waals surface area contributed by atoms with Gasteiger partial charge in [-0.3, -0.25) is 14.9 Å². The lowest BCUT2D eigenvalue weighted by Gasteiger charge is -2.15. The van der Waals surface area contributed by atoms with Crippen LogP contribution in [0.3, 0.4) is 0 Å². The molecule has 3 N–H and O–H groups in total. The maximum absolute atomic E-state index is 10.5. The van der Waals surface area contributed by atoms with Gasteiger partial charge in [-0.15, -0.1) is 12.4 Å². The van der Waals surface area contributed by atoms with E-state index < -0.39 is 6.04 Å². The molecular weight excluding hydrogens is 156 g/mol. The van der Waals surface area contributed by atoms with Gasteiger partial charge < -0.3 is 5.73 Å². The summed E-state index contributed by atoms with van der Waals surface area (Å²) in [4.78, 5) is 21.0. The summed E-state index contributed by atoms with van der Waals surface area (Å²) in [6.07, 6.45) is 0.845. The van der Waals surface area contributed by atoms with Gasteiger partial charge in [0.15, 0.2) is 0 Å². The van der Waals surface area contributed by atoms with Crippen molar-refractivity contribution in [2.24, 2.45) is 5.73 Å². The molecule has 2 amide bonds. The SMILES string of the molecule is Cl.N[C@@H]1CCC(=O)NC1=O. The Morgan fingerprint density at radius 3 is 2.50 bits per heavy atom. The minimum absolute atomic E-state index is 0. The number of carbonyl (C=O) groups excluding carboxylic acids is 2. The fourth-order valence-electron chi connectivity index (χ4n) is 0.710. The van der Waals surface area contributed by atoms with E-state index in [0.717, 1.165) is 0 Å². The van der Waals surface area contributed by atoms with Crippen LogP contribution >= 0.6 is 12.4 Å². The molecule has 1 rings (SSSR count). The highest BCUT2D eigenvalue weighted by molar-refractivity contribution is 6.00. The lowest BCUT2D eigenvalue weighted by Crippen LogP contribution is -2.48. The topological polar surface area (TPSA) is 72.2 Å². The Kier molecular flexibility index (Phi) is 3.32. The fourth-order valence-corrected chi connectivity index (χ4v) is 0.710. The van der Waals surface area contributed by atoms with Crippen LogP contribution in [0.1, 0.15) is 12.8 Å². The zero-order chi connectivity index (χ0) is 6.85. The van der Waals surface area contributed by atoms with Crippen LogP contribution in [0.4, 0.5) is 0 Å². The Balaban J connectivity index is 0.000000810. The van der Waals surface area contributed by atoms with E-state index in [-0.39, 0.29) is 24.2 Å². The predicted octanol–water partition coefficient (Wildman–Crippen LogP) is -0.828. The number of rotatable bonds is 0. The van der Waals surface area contributed by atoms with Crippen LogP contribution < -0.4 is 11.1 Å². The van der Waals surface area contributed by atoms with E-state index in [0.29, 0.717) is 12.8 Å². The number of piperidine rings is 1. The van der Waals surface area contributed by atoms with Crippen molar-refractivity contribution in [1.82, 2.24) is 5.32 Å². The molecule has 10 heavy (non-hydrogen) atoms. The van der Waals surface area contributed by atoms with Gasteiger partial charge in [-0.25, -0.2) is 0 Å². The van der Waals surface area contributed by atoms with Crippen LogP contribution in [0.5, 0.6) is 0 Å². The molecule has 1 atom stereocenters. The summed E-state index contributed by atoms with van der Waals surface area (Å²) in [6, 6.07) is -0.484. The van der Waals surface area contributed by atoms with E-state index >= 15 is 0 Å². The van der Waals surface area contributed by atoms with Crippen molar-refractivity contribution in [2.75, 3.05) is 0 Å². The highest BCUT2D eigenvalue weighted by Gasteiger charge is 2.22. The van der Waals surface area contributed by atoms with E-state index in [4.69, 9.17) is 5.73 Å². The Hall–Kier alpha value is -0.610. The average molecular weight is 165 g/mol. The normalized spacial score (nSPS) is 25.1. The highest BCUT2D eigenvalue weighted by Crippen LogP contribution is 2.00. The van der Waals surface area contributed by atoms with Gasteiger partial charge in [0.2, 0.25) is 11.8 Å². The van der Waals surface area contributed by atoms with E-state index in [1.54, 1.807) is 0 Å². The Bertz CT molecular complexity index is 160. The quantitative estimate of drug-likeness (QED) is 0.459. The third-order valence-electron chi connectivity index (χ3n) is 1.28. The number of hydrogen-bond acceptors (Lipinski definition) is 3. The summed E-state index contributed by atoms with van der Waals surface area (Å²) in [7, 11) is 0. The summed E-state index contributed by atoms with van der Waals surface area (Å²) in [5.74, 6) is -0.576. The van der Waals surface area contributed by atoms with Crippen LogP contribution in [-0.2, 0) is 9.59 Å². The first kappa shape index (κ1) is 9.39. The molecule has 0 aromatic rings. The average Bonchev–Trinajstić information content (AvgIpc) is 1.80. The summed E-state index contributed by atoms with van der Waals surface area (Å²) < 4.78 is 0. The van der Waals surface area contributed by atoms with Gasteiger partial charge >= 0.3 is 0 Å². The first-order valence-electron chi connectivity index (χ1n) is 2.79. The van der Waals surface area contributed by atoms with Crippen LogP contribution in [0.15, 0.2) is 0 Å². The lowest BCUT2D eigenvalue weighted by molar-refractivity contribution is -0.134. The second kappa shape index (κ2) is 3.53. The molecule has 4 nitrogen and oxygen atoms in total. The first-order chi connectivity index (χ1) is 4.20. The second-order valence-electron chi connectivity index (χ2n) is 2.06. The third kappa shape index (κ3) is 1.97. The van der Waals surface area contributed by atoms with Gasteiger partial charge in [0.05, 0.1) is 6.04 Å². The smallest absolute Gasteiger partial charge is 0.243 e.